The van der Waals surface area contributed by atoms with Crippen LogP contribution in [0.4, 0.5) is 0 Å². The standard InChI is InChI=1S/C21H22O7/c1-6-11(2)20(24)28-21(4,5)19-18(25-12(3)22)16-14(26-19)9-7-13-8-10-15(23)27-17(13)16/h6-10,18-19H,1-5H3. The van der Waals surface area contributed by atoms with E-state index in [4.69, 9.17) is 18.6 Å². The minimum absolute atomic E-state index is 0.283. The van der Waals surface area contributed by atoms with Gasteiger partial charge in [-0.2, -0.15) is 0 Å². The SMILES string of the molecule is CC=C(C)C(=O)OC(C)(C)C1Oc2ccc3ccc(=O)oc3c2C1OC(C)=O. The minimum Gasteiger partial charge on any atom is -0.481 e. The highest BCUT2D eigenvalue weighted by atomic mass is 16.6. The average Bonchev–Trinajstić information content (AvgIpc) is 2.99. The molecule has 0 spiro atoms. The summed E-state index contributed by atoms with van der Waals surface area (Å²) in [5.74, 6) is -0.622. The third kappa shape index (κ3) is 3.52. The highest BCUT2D eigenvalue weighted by Crippen LogP contribution is 2.47. The fraction of sp³-hybridized carbons (Fsp3) is 0.381. The summed E-state index contributed by atoms with van der Waals surface area (Å²) in [6, 6.07) is 6.39. The number of hydrogen-bond acceptors (Lipinski definition) is 7. The van der Waals surface area contributed by atoms with Crippen LogP contribution in [0.5, 0.6) is 5.75 Å². The van der Waals surface area contributed by atoms with Crippen LogP contribution in [0.3, 0.4) is 0 Å². The summed E-state index contributed by atoms with van der Waals surface area (Å²) >= 11 is 0. The number of carbonyl (C=O) groups is 2. The van der Waals surface area contributed by atoms with Crippen LogP contribution in [-0.2, 0) is 19.1 Å². The van der Waals surface area contributed by atoms with Gasteiger partial charge < -0.3 is 18.6 Å². The van der Waals surface area contributed by atoms with Gasteiger partial charge in [0.2, 0.25) is 0 Å². The molecule has 7 heteroatoms. The van der Waals surface area contributed by atoms with Gasteiger partial charge in [0, 0.05) is 23.9 Å². The van der Waals surface area contributed by atoms with Gasteiger partial charge in [-0.05, 0) is 45.9 Å². The van der Waals surface area contributed by atoms with E-state index in [2.05, 4.69) is 0 Å². The second kappa shape index (κ2) is 7.14. The molecule has 0 saturated carbocycles. The van der Waals surface area contributed by atoms with Crippen LogP contribution in [0.25, 0.3) is 11.0 Å². The van der Waals surface area contributed by atoms with Gasteiger partial charge in [-0.3, -0.25) is 4.79 Å². The summed E-state index contributed by atoms with van der Waals surface area (Å²) in [4.78, 5) is 35.8. The zero-order chi connectivity index (χ0) is 20.6. The number of ether oxygens (including phenoxy) is 3. The molecule has 0 fully saturated rings. The first-order valence-electron chi connectivity index (χ1n) is 8.91. The van der Waals surface area contributed by atoms with Gasteiger partial charge in [0.15, 0.2) is 12.2 Å². The fourth-order valence-electron chi connectivity index (χ4n) is 3.16. The van der Waals surface area contributed by atoms with Crippen molar-refractivity contribution in [2.45, 2.75) is 52.4 Å². The Morgan fingerprint density at radius 1 is 1.14 bits per heavy atom. The lowest BCUT2D eigenvalue weighted by atomic mass is 9.93. The average molecular weight is 386 g/mol. The van der Waals surface area contributed by atoms with E-state index in [9.17, 15) is 14.4 Å². The van der Waals surface area contributed by atoms with Gasteiger partial charge in [0.1, 0.15) is 16.9 Å². The number of rotatable bonds is 4. The van der Waals surface area contributed by atoms with Crippen molar-refractivity contribution in [3.05, 3.63) is 51.9 Å². The molecule has 0 aliphatic carbocycles. The molecule has 2 atom stereocenters. The number of benzene rings is 1. The number of carbonyl (C=O) groups excluding carboxylic acids is 2. The topological polar surface area (TPSA) is 92.0 Å². The van der Waals surface area contributed by atoms with Crippen molar-refractivity contribution in [1.82, 2.24) is 0 Å². The maximum atomic E-state index is 12.3. The molecule has 7 nitrogen and oxygen atoms in total. The molecular formula is C21H22O7. The van der Waals surface area contributed by atoms with Crippen molar-refractivity contribution < 1.29 is 28.2 Å². The summed E-state index contributed by atoms with van der Waals surface area (Å²) in [5, 5.41) is 0.666. The molecule has 0 radical (unpaired) electrons. The molecule has 2 aromatic rings. The molecule has 148 valence electrons. The van der Waals surface area contributed by atoms with Crippen LogP contribution in [0, 0.1) is 0 Å². The van der Waals surface area contributed by atoms with Crippen molar-refractivity contribution >= 4 is 22.9 Å². The third-order valence-electron chi connectivity index (χ3n) is 4.69. The number of allylic oxidation sites excluding steroid dienone is 1. The Morgan fingerprint density at radius 3 is 2.46 bits per heavy atom. The first kappa shape index (κ1) is 19.7. The van der Waals surface area contributed by atoms with E-state index >= 15 is 0 Å². The number of esters is 2. The second-order valence-corrected chi connectivity index (χ2v) is 7.18. The molecule has 0 amide bonds. The van der Waals surface area contributed by atoms with Crippen LogP contribution in [0.15, 0.2) is 45.1 Å². The predicted octanol–water partition coefficient (Wildman–Crippen LogP) is 3.45. The highest BCUT2D eigenvalue weighted by molar-refractivity contribution is 5.88. The minimum atomic E-state index is -1.14. The van der Waals surface area contributed by atoms with E-state index in [1.165, 1.54) is 13.0 Å². The smallest absolute Gasteiger partial charge is 0.336 e. The Hall–Kier alpha value is -3.09. The maximum Gasteiger partial charge on any atom is 0.336 e. The van der Waals surface area contributed by atoms with Gasteiger partial charge in [0.25, 0.3) is 0 Å². The fourth-order valence-corrected chi connectivity index (χ4v) is 3.16. The number of fused-ring (bicyclic) bond motifs is 3. The zero-order valence-corrected chi connectivity index (χ0v) is 16.4. The summed E-state index contributed by atoms with van der Waals surface area (Å²) in [6.45, 7) is 8.02. The molecule has 1 aromatic carbocycles. The normalized spacial score (nSPS) is 19.1. The largest absolute Gasteiger partial charge is 0.481 e. The lowest BCUT2D eigenvalue weighted by Gasteiger charge is -2.33. The van der Waals surface area contributed by atoms with E-state index in [0.29, 0.717) is 22.3 Å². The Kier molecular flexibility index (Phi) is 5.02. The Bertz CT molecular complexity index is 1030. The quantitative estimate of drug-likeness (QED) is 0.451. The predicted molar refractivity (Wildman–Crippen MR) is 101 cm³/mol. The van der Waals surface area contributed by atoms with Gasteiger partial charge >= 0.3 is 17.6 Å². The second-order valence-electron chi connectivity index (χ2n) is 7.18. The van der Waals surface area contributed by atoms with E-state index < -0.39 is 35.4 Å². The van der Waals surface area contributed by atoms with Crippen molar-refractivity contribution in [3.8, 4) is 5.75 Å². The lowest BCUT2D eigenvalue weighted by Crippen LogP contribution is -2.46. The molecule has 1 aliphatic rings. The zero-order valence-electron chi connectivity index (χ0n) is 16.4. The van der Waals surface area contributed by atoms with Crippen LogP contribution < -0.4 is 10.4 Å². The Labute approximate surface area is 161 Å². The monoisotopic (exact) mass is 386 g/mol. The van der Waals surface area contributed by atoms with E-state index in [0.717, 1.165) is 0 Å². The summed E-state index contributed by atoms with van der Waals surface area (Å²) in [5.41, 5.74) is -0.487. The molecular weight excluding hydrogens is 364 g/mol. The molecule has 0 saturated heterocycles. The molecule has 1 aromatic heterocycles. The first-order valence-corrected chi connectivity index (χ1v) is 8.91. The Morgan fingerprint density at radius 2 is 1.82 bits per heavy atom. The molecule has 1 aliphatic heterocycles. The summed E-state index contributed by atoms with van der Waals surface area (Å²) < 4.78 is 22.5. The van der Waals surface area contributed by atoms with Gasteiger partial charge in [0.05, 0.1) is 5.56 Å². The van der Waals surface area contributed by atoms with Crippen LogP contribution in [0.1, 0.15) is 46.3 Å². The van der Waals surface area contributed by atoms with E-state index in [1.807, 2.05) is 0 Å². The highest BCUT2D eigenvalue weighted by Gasteiger charge is 2.50. The van der Waals surface area contributed by atoms with Crippen LogP contribution in [0.2, 0.25) is 0 Å². The maximum absolute atomic E-state index is 12.3. The van der Waals surface area contributed by atoms with Gasteiger partial charge in [-0.15, -0.1) is 0 Å². The molecule has 28 heavy (non-hydrogen) atoms. The van der Waals surface area contributed by atoms with Crippen LogP contribution in [-0.4, -0.2) is 23.6 Å². The van der Waals surface area contributed by atoms with E-state index in [-0.39, 0.29) is 5.58 Å². The third-order valence-corrected chi connectivity index (χ3v) is 4.69. The number of hydrogen-bond donors (Lipinski definition) is 0. The summed E-state index contributed by atoms with van der Waals surface area (Å²) in [7, 11) is 0. The van der Waals surface area contributed by atoms with Crippen molar-refractivity contribution in [3.63, 3.8) is 0 Å². The van der Waals surface area contributed by atoms with E-state index in [1.54, 1.807) is 52.0 Å². The Balaban J connectivity index is 2.08. The van der Waals surface area contributed by atoms with Crippen molar-refractivity contribution in [2.24, 2.45) is 0 Å². The summed E-state index contributed by atoms with van der Waals surface area (Å²) in [6.07, 6.45) is -0.0828. The molecule has 3 rings (SSSR count). The van der Waals surface area contributed by atoms with Crippen molar-refractivity contribution in [2.75, 3.05) is 0 Å². The molecule has 0 N–H and O–H groups in total. The molecule has 2 heterocycles. The lowest BCUT2D eigenvalue weighted by molar-refractivity contribution is -0.173. The van der Waals surface area contributed by atoms with Crippen LogP contribution >= 0.6 is 0 Å². The first-order chi connectivity index (χ1) is 13.1. The van der Waals surface area contributed by atoms with Gasteiger partial charge in [-0.1, -0.05) is 6.08 Å². The van der Waals surface area contributed by atoms with Crippen molar-refractivity contribution in [1.29, 1.82) is 0 Å². The van der Waals surface area contributed by atoms with Gasteiger partial charge in [-0.25, -0.2) is 9.59 Å². The molecule has 2 unspecified atom stereocenters. The molecule has 0 bridgehead atoms.